The highest BCUT2D eigenvalue weighted by molar-refractivity contribution is 5.97. The first-order valence-corrected chi connectivity index (χ1v) is 11.1. The fourth-order valence-electron chi connectivity index (χ4n) is 3.02. The van der Waals surface area contributed by atoms with Gasteiger partial charge in [0.25, 0.3) is 0 Å². The van der Waals surface area contributed by atoms with E-state index in [1.165, 1.54) is 0 Å². The summed E-state index contributed by atoms with van der Waals surface area (Å²) in [4.78, 5) is 76.0. The molecule has 5 amide bonds. The van der Waals surface area contributed by atoms with E-state index in [2.05, 4.69) is 20.9 Å². The maximum atomic E-state index is 12.8. The number of aliphatic carboxylic acids is 1. The topological polar surface area (TPSA) is 301 Å². The van der Waals surface area contributed by atoms with Crippen molar-refractivity contribution in [3.63, 3.8) is 0 Å². The number of carboxylic acids is 1. The SMILES string of the molecule is CC(C)C[C@H](N)C(=O)N[C@@H](CC(N)=O)C(=O)N[C@@H](CC(N)=O)C(=O)N[C@@H](CCCN=C(N)N)C(=O)O. The summed E-state index contributed by atoms with van der Waals surface area (Å²) < 4.78 is 0. The van der Waals surface area contributed by atoms with Crippen LogP contribution >= 0.6 is 0 Å². The van der Waals surface area contributed by atoms with E-state index in [0.717, 1.165) is 0 Å². The molecule has 0 saturated carbocycles. The first-order chi connectivity index (χ1) is 16.6. The summed E-state index contributed by atoms with van der Waals surface area (Å²) in [5.41, 5.74) is 26.5. The van der Waals surface area contributed by atoms with Gasteiger partial charge in [-0.15, -0.1) is 0 Å². The molecule has 36 heavy (non-hydrogen) atoms. The van der Waals surface area contributed by atoms with Crippen molar-refractivity contribution in [2.75, 3.05) is 6.54 Å². The third-order valence-corrected chi connectivity index (χ3v) is 4.70. The van der Waals surface area contributed by atoms with Crippen LogP contribution in [-0.4, -0.2) is 77.3 Å². The smallest absolute Gasteiger partial charge is 0.326 e. The van der Waals surface area contributed by atoms with Crippen molar-refractivity contribution in [2.24, 2.45) is 39.6 Å². The van der Waals surface area contributed by atoms with Crippen LogP contribution in [0, 0.1) is 5.92 Å². The molecule has 14 N–H and O–H groups in total. The van der Waals surface area contributed by atoms with Crippen LogP contribution in [-0.2, 0) is 28.8 Å². The predicted octanol–water partition coefficient (Wildman–Crippen LogP) is -4.30. The number of carbonyl (C=O) groups is 6. The molecule has 0 heterocycles. The van der Waals surface area contributed by atoms with Gasteiger partial charge < -0.3 is 49.7 Å². The van der Waals surface area contributed by atoms with Crippen LogP contribution in [0.15, 0.2) is 4.99 Å². The van der Waals surface area contributed by atoms with Gasteiger partial charge in [0, 0.05) is 6.54 Å². The number of carbonyl (C=O) groups excluding carboxylic acids is 5. The van der Waals surface area contributed by atoms with Gasteiger partial charge >= 0.3 is 5.97 Å². The van der Waals surface area contributed by atoms with E-state index in [1.54, 1.807) is 0 Å². The highest BCUT2D eigenvalue weighted by Crippen LogP contribution is 2.05. The van der Waals surface area contributed by atoms with Crippen molar-refractivity contribution in [2.45, 2.75) is 70.1 Å². The van der Waals surface area contributed by atoms with Gasteiger partial charge in [-0.25, -0.2) is 4.79 Å². The fraction of sp³-hybridized carbons (Fsp3) is 0.650. The molecule has 0 aromatic carbocycles. The molecule has 16 nitrogen and oxygen atoms in total. The number of nitrogens with zero attached hydrogens (tertiary/aromatic N) is 1. The third-order valence-electron chi connectivity index (χ3n) is 4.70. The molecule has 0 aromatic heterocycles. The van der Waals surface area contributed by atoms with Gasteiger partial charge in [0.15, 0.2) is 5.96 Å². The number of carboxylic acid groups (broad SMARTS) is 1. The molecule has 0 aliphatic heterocycles. The number of guanidine groups is 1. The second kappa shape index (κ2) is 15.9. The summed E-state index contributed by atoms with van der Waals surface area (Å²) in [7, 11) is 0. The molecule has 4 atom stereocenters. The van der Waals surface area contributed by atoms with Crippen molar-refractivity contribution >= 4 is 41.5 Å². The Bertz CT molecular complexity index is 843. The zero-order chi connectivity index (χ0) is 28.0. The highest BCUT2D eigenvalue weighted by Gasteiger charge is 2.32. The van der Waals surface area contributed by atoms with Gasteiger partial charge in [-0.05, 0) is 25.2 Å². The summed E-state index contributed by atoms with van der Waals surface area (Å²) in [6.07, 6.45) is -0.890. The Kier molecular flexibility index (Phi) is 14.1. The lowest BCUT2D eigenvalue weighted by Crippen LogP contribution is -2.58. The zero-order valence-electron chi connectivity index (χ0n) is 20.4. The lowest BCUT2D eigenvalue weighted by Gasteiger charge is -2.24. The molecule has 0 spiro atoms. The van der Waals surface area contributed by atoms with Gasteiger partial charge in [-0.1, -0.05) is 13.8 Å². The molecule has 0 radical (unpaired) electrons. The van der Waals surface area contributed by atoms with E-state index in [0.29, 0.717) is 6.42 Å². The van der Waals surface area contributed by atoms with Crippen molar-refractivity contribution in [1.29, 1.82) is 0 Å². The average Bonchev–Trinajstić information content (AvgIpc) is 2.73. The summed E-state index contributed by atoms with van der Waals surface area (Å²) in [5.74, 6) is -6.20. The lowest BCUT2D eigenvalue weighted by atomic mass is 10.0. The largest absolute Gasteiger partial charge is 0.480 e. The monoisotopic (exact) mass is 515 g/mol. The van der Waals surface area contributed by atoms with Crippen LogP contribution in [0.5, 0.6) is 0 Å². The molecule has 0 aromatic rings. The van der Waals surface area contributed by atoms with Gasteiger partial charge in [0.2, 0.25) is 29.5 Å². The summed E-state index contributed by atoms with van der Waals surface area (Å²) in [5, 5.41) is 16.1. The predicted molar refractivity (Wildman–Crippen MR) is 128 cm³/mol. The number of amides is 5. The molecule has 0 unspecified atom stereocenters. The Morgan fingerprint density at radius 3 is 1.61 bits per heavy atom. The molecule has 16 heteroatoms. The summed E-state index contributed by atoms with van der Waals surface area (Å²) >= 11 is 0. The van der Waals surface area contributed by atoms with Crippen LogP contribution in [0.25, 0.3) is 0 Å². The molecular weight excluding hydrogens is 478 g/mol. The number of rotatable bonds is 17. The van der Waals surface area contributed by atoms with E-state index in [4.69, 9.17) is 28.7 Å². The highest BCUT2D eigenvalue weighted by atomic mass is 16.4. The lowest BCUT2D eigenvalue weighted by molar-refractivity contribution is -0.142. The quantitative estimate of drug-likeness (QED) is 0.0509. The molecular formula is C20H37N9O7. The number of hydrogen-bond acceptors (Lipinski definition) is 8. The van der Waals surface area contributed by atoms with Crippen LogP contribution < -0.4 is 44.6 Å². The Balaban J connectivity index is 5.50. The Hall–Kier alpha value is -3.95. The van der Waals surface area contributed by atoms with Gasteiger partial charge in [0.05, 0.1) is 18.9 Å². The fourth-order valence-corrected chi connectivity index (χ4v) is 3.02. The minimum Gasteiger partial charge on any atom is -0.480 e. The normalized spacial score (nSPS) is 14.0. The summed E-state index contributed by atoms with van der Waals surface area (Å²) in [6.45, 7) is 3.77. The maximum absolute atomic E-state index is 12.8. The molecule has 0 saturated heterocycles. The molecule has 0 rings (SSSR count). The zero-order valence-corrected chi connectivity index (χ0v) is 20.4. The molecule has 0 aliphatic carbocycles. The standard InChI is InChI=1S/C20H37N9O7/c1-9(2)6-10(21)16(32)28-12(7-14(22)30)18(34)29-13(8-15(23)31)17(33)27-11(19(35)36)4-3-5-26-20(24)25/h9-13H,3-8,21H2,1-2H3,(H2,22,30)(H2,23,31)(H,27,33)(H,28,32)(H,29,34)(H,35,36)(H4,24,25,26)/t10-,11-,12-,13-/m0/s1. The first-order valence-electron chi connectivity index (χ1n) is 11.1. The minimum atomic E-state index is -1.61. The van der Waals surface area contributed by atoms with Crippen LogP contribution in [0.2, 0.25) is 0 Å². The van der Waals surface area contributed by atoms with E-state index < -0.39 is 72.5 Å². The number of primary amides is 2. The van der Waals surface area contributed by atoms with Crippen LogP contribution in [0.4, 0.5) is 0 Å². The van der Waals surface area contributed by atoms with E-state index in [-0.39, 0.29) is 31.3 Å². The maximum Gasteiger partial charge on any atom is 0.326 e. The average molecular weight is 516 g/mol. The van der Waals surface area contributed by atoms with Crippen LogP contribution in [0.3, 0.4) is 0 Å². The first kappa shape index (κ1) is 32.0. The Labute approximate surface area is 208 Å². The number of nitrogens with two attached hydrogens (primary N) is 5. The Morgan fingerprint density at radius 1 is 0.778 bits per heavy atom. The van der Waals surface area contributed by atoms with E-state index >= 15 is 0 Å². The third kappa shape index (κ3) is 13.7. The minimum absolute atomic E-state index is 0.0663. The van der Waals surface area contributed by atoms with Crippen molar-refractivity contribution in [1.82, 2.24) is 16.0 Å². The number of aliphatic imine (C=N–C) groups is 1. The van der Waals surface area contributed by atoms with Crippen LogP contribution in [0.1, 0.15) is 46.0 Å². The van der Waals surface area contributed by atoms with Gasteiger partial charge in [0.1, 0.15) is 18.1 Å². The second-order valence-electron chi connectivity index (χ2n) is 8.55. The molecule has 0 fully saturated rings. The molecule has 204 valence electrons. The van der Waals surface area contributed by atoms with Crippen molar-refractivity contribution < 1.29 is 33.9 Å². The second-order valence-corrected chi connectivity index (χ2v) is 8.55. The molecule has 0 aliphatic rings. The van der Waals surface area contributed by atoms with E-state index in [1.807, 2.05) is 13.8 Å². The molecule has 0 bridgehead atoms. The van der Waals surface area contributed by atoms with Crippen molar-refractivity contribution in [3.05, 3.63) is 0 Å². The van der Waals surface area contributed by atoms with E-state index in [9.17, 15) is 33.9 Å². The number of hydrogen-bond donors (Lipinski definition) is 9. The van der Waals surface area contributed by atoms with Gasteiger partial charge in [-0.2, -0.15) is 0 Å². The van der Waals surface area contributed by atoms with Crippen molar-refractivity contribution in [3.8, 4) is 0 Å². The number of nitrogens with one attached hydrogen (secondary N) is 3. The van der Waals surface area contributed by atoms with Gasteiger partial charge in [-0.3, -0.25) is 29.0 Å². The Morgan fingerprint density at radius 2 is 1.22 bits per heavy atom. The summed E-state index contributed by atoms with van der Waals surface area (Å²) in [6, 6.07) is -5.49.